The zero-order chi connectivity index (χ0) is 13.1. The van der Waals surface area contributed by atoms with Crippen LogP contribution in [-0.2, 0) is 0 Å². The molecule has 0 unspecified atom stereocenters. The van der Waals surface area contributed by atoms with Crippen molar-refractivity contribution in [1.82, 2.24) is 0 Å². The standard InChI is InChI=1S/C13H7Cl3OS/c14-9-4-1-8(2-5-9)3-6-11(17)10-7-12(15)18-13(10)16/h1-7H/b6-3+. The molecule has 1 heterocycles. The number of hydrogen-bond acceptors (Lipinski definition) is 2. The summed E-state index contributed by atoms with van der Waals surface area (Å²) in [6, 6.07) is 8.76. The first-order valence-corrected chi connectivity index (χ1v) is 6.94. The molecule has 0 N–H and O–H groups in total. The molecule has 0 amide bonds. The van der Waals surface area contributed by atoms with Gasteiger partial charge in [0, 0.05) is 5.02 Å². The molecular weight excluding hydrogens is 311 g/mol. The van der Waals surface area contributed by atoms with Gasteiger partial charge in [0.2, 0.25) is 0 Å². The zero-order valence-electron chi connectivity index (χ0n) is 8.99. The van der Waals surface area contributed by atoms with Crippen LogP contribution in [0.1, 0.15) is 15.9 Å². The maximum Gasteiger partial charge on any atom is 0.188 e. The highest BCUT2D eigenvalue weighted by atomic mass is 35.5. The van der Waals surface area contributed by atoms with Crippen molar-refractivity contribution in [2.24, 2.45) is 0 Å². The zero-order valence-corrected chi connectivity index (χ0v) is 12.1. The fourth-order valence-corrected chi connectivity index (χ4v) is 2.94. The van der Waals surface area contributed by atoms with Gasteiger partial charge in [-0.25, -0.2) is 0 Å². The first kappa shape index (κ1) is 13.6. The average molecular weight is 318 g/mol. The van der Waals surface area contributed by atoms with Gasteiger partial charge < -0.3 is 0 Å². The molecule has 1 aromatic heterocycles. The Bertz CT molecular complexity index is 599. The fourth-order valence-electron chi connectivity index (χ4n) is 1.34. The van der Waals surface area contributed by atoms with Crippen molar-refractivity contribution in [2.75, 3.05) is 0 Å². The minimum absolute atomic E-state index is 0.168. The van der Waals surface area contributed by atoms with Gasteiger partial charge >= 0.3 is 0 Å². The van der Waals surface area contributed by atoms with Crippen molar-refractivity contribution >= 4 is 58.0 Å². The van der Waals surface area contributed by atoms with Crippen LogP contribution in [0.25, 0.3) is 6.08 Å². The number of carbonyl (C=O) groups excluding carboxylic acids is 1. The molecule has 0 aliphatic rings. The second-order valence-corrected chi connectivity index (χ2v) is 6.21. The second kappa shape index (κ2) is 5.89. The van der Waals surface area contributed by atoms with E-state index < -0.39 is 0 Å². The first-order chi connectivity index (χ1) is 8.56. The summed E-state index contributed by atoms with van der Waals surface area (Å²) in [4.78, 5) is 11.9. The molecule has 0 spiro atoms. The summed E-state index contributed by atoms with van der Waals surface area (Å²) >= 11 is 18.6. The molecule has 0 saturated heterocycles. The van der Waals surface area contributed by atoms with Gasteiger partial charge in [0.25, 0.3) is 0 Å². The van der Waals surface area contributed by atoms with E-state index in [4.69, 9.17) is 34.8 Å². The van der Waals surface area contributed by atoms with Gasteiger partial charge in [0.15, 0.2) is 5.78 Å². The Morgan fingerprint density at radius 1 is 1.11 bits per heavy atom. The predicted octanol–water partition coefficient (Wildman–Crippen LogP) is 5.60. The van der Waals surface area contributed by atoms with Crippen LogP contribution >= 0.6 is 46.1 Å². The van der Waals surface area contributed by atoms with Crippen molar-refractivity contribution in [3.05, 3.63) is 61.2 Å². The summed E-state index contributed by atoms with van der Waals surface area (Å²) < 4.78 is 0.911. The lowest BCUT2D eigenvalue weighted by Gasteiger charge is -1.94. The smallest absolute Gasteiger partial charge is 0.188 e. The number of carbonyl (C=O) groups is 1. The molecule has 2 aromatic rings. The second-order valence-electron chi connectivity index (χ2n) is 3.49. The lowest BCUT2D eigenvalue weighted by Crippen LogP contribution is -1.91. The molecule has 0 aliphatic carbocycles. The Balaban J connectivity index is 2.16. The van der Waals surface area contributed by atoms with Crippen LogP contribution in [0.3, 0.4) is 0 Å². The Morgan fingerprint density at radius 3 is 2.33 bits per heavy atom. The van der Waals surface area contributed by atoms with Crippen molar-refractivity contribution < 1.29 is 4.79 Å². The maximum absolute atomic E-state index is 11.9. The molecule has 2 rings (SSSR count). The molecule has 0 radical (unpaired) electrons. The van der Waals surface area contributed by atoms with E-state index in [1.165, 1.54) is 17.4 Å². The van der Waals surface area contributed by atoms with Gasteiger partial charge in [0.05, 0.1) is 9.90 Å². The van der Waals surface area contributed by atoms with E-state index >= 15 is 0 Å². The Kier molecular flexibility index (Phi) is 4.46. The van der Waals surface area contributed by atoms with Crippen LogP contribution in [0.15, 0.2) is 36.4 Å². The topological polar surface area (TPSA) is 17.1 Å². The molecule has 1 aromatic carbocycles. The van der Waals surface area contributed by atoms with Crippen molar-refractivity contribution in [2.45, 2.75) is 0 Å². The number of allylic oxidation sites excluding steroid dienone is 1. The maximum atomic E-state index is 11.9. The first-order valence-electron chi connectivity index (χ1n) is 4.99. The van der Waals surface area contributed by atoms with E-state index in [2.05, 4.69) is 0 Å². The summed E-state index contributed by atoms with van der Waals surface area (Å²) in [5, 5.41) is 0.658. The summed E-state index contributed by atoms with van der Waals surface area (Å²) in [5.74, 6) is -0.168. The Labute approximate surface area is 124 Å². The molecule has 18 heavy (non-hydrogen) atoms. The van der Waals surface area contributed by atoms with Crippen LogP contribution in [0.5, 0.6) is 0 Å². The van der Waals surface area contributed by atoms with E-state index in [9.17, 15) is 4.79 Å². The minimum Gasteiger partial charge on any atom is -0.289 e. The third-order valence-corrected chi connectivity index (χ3v) is 3.96. The largest absolute Gasteiger partial charge is 0.289 e. The third-order valence-electron chi connectivity index (χ3n) is 2.22. The summed E-state index contributed by atoms with van der Waals surface area (Å²) in [6.07, 6.45) is 3.17. The van der Waals surface area contributed by atoms with Gasteiger partial charge in [-0.1, -0.05) is 53.0 Å². The van der Waals surface area contributed by atoms with Crippen LogP contribution in [0, 0.1) is 0 Å². The highest BCUT2D eigenvalue weighted by Crippen LogP contribution is 2.31. The Hall–Kier alpha value is -0.800. The van der Waals surface area contributed by atoms with Gasteiger partial charge in [0.1, 0.15) is 4.34 Å². The van der Waals surface area contributed by atoms with Gasteiger partial charge in [-0.2, -0.15) is 0 Å². The molecule has 92 valence electrons. The lowest BCUT2D eigenvalue weighted by molar-refractivity contribution is 0.104. The average Bonchev–Trinajstić information content (AvgIpc) is 2.67. The predicted molar refractivity (Wildman–Crippen MR) is 79.2 cm³/mol. The van der Waals surface area contributed by atoms with Crippen LogP contribution in [0.2, 0.25) is 13.7 Å². The highest BCUT2D eigenvalue weighted by Gasteiger charge is 2.11. The van der Waals surface area contributed by atoms with E-state index in [-0.39, 0.29) is 5.78 Å². The Morgan fingerprint density at radius 2 is 1.78 bits per heavy atom. The van der Waals surface area contributed by atoms with E-state index in [1.807, 2.05) is 12.1 Å². The number of benzene rings is 1. The third kappa shape index (κ3) is 3.36. The van der Waals surface area contributed by atoms with Gasteiger partial charge in [-0.3, -0.25) is 4.79 Å². The van der Waals surface area contributed by atoms with E-state index in [0.717, 1.165) is 5.56 Å². The summed E-state index contributed by atoms with van der Waals surface area (Å²) in [7, 11) is 0. The molecule has 0 saturated carbocycles. The van der Waals surface area contributed by atoms with E-state index in [1.54, 1.807) is 24.3 Å². The minimum atomic E-state index is -0.168. The molecule has 5 heteroatoms. The molecular formula is C13H7Cl3OS. The van der Waals surface area contributed by atoms with Crippen molar-refractivity contribution in [1.29, 1.82) is 0 Å². The lowest BCUT2D eigenvalue weighted by atomic mass is 10.1. The summed E-state index contributed by atoms with van der Waals surface area (Å²) in [6.45, 7) is 0. The SMILES string of the molecule is O=C(/C=C/c1ccc(Cl)cc1)c1cc(Cl)sc1Cl. The fraction of sp³-hybridized carbons (Fsp3) is 0. The normalized spacial score (nSPS) is 11.1. The van der Waals surface area contributed by atoms with Crippen molar-refractivity contribution in [3.8, 4) is 0 Å². The summed E-state index contributed by atoms with van der Waals surface area (Å²) in [5.41, 5.74) is 1.32. The molecule has 0 atom stereocenters. The number of halogens is 3. The molecule has 0 bridgehead atoms. The monoisotopic (exact) mass is 316 g/mol. The molecule has 0 aliphatic heterocycles. The quantitative estimate of drug-likeness (QED) is 0.531. The highest BCUT2D eigenvalue weighted by molar-refractivity contribution is 7.20. The van der Waals surface area contributed by atoms with Crippen LogP contribution in [-0.4, -0.2) is 5.78 Å². The van der Waals surface area contributed by atoms with E-state index in [0.29, 0.717) is 19.3 Å². The van der Waals surface area contributed by atoms with Crippen molar-refractivity contribution in [3.63, 3.8) is 0 Å². The number of thiophene rings is 1. The van der Waals surface area contributed by atoms with Crippen LogP contribution in [0.4, 0.5) is 0 Å². The number of rotatable bonds is 3. The number of hydrogen-bond donors (Lipinski definition) is 0. The molecule has 1 nitrogen and oxygen atoms in total. The van der Waals surface area contributed by atoms with Gasteiger partial charge in [-0.05, 0) is 29.8 Å². The van der Waals surface area contributed by atoms with Gasteiger partial charge in [-0.15, -0.1) is 11.3 Å². The number of ketones is 1. The molecule has 0 fully saturated rings. The van der Waals surface area contributed by atoms with Crippen LogP contribution < -0.4 is 0 Å².